The van der Waals surface area contributed by atoms with Gasteiger partial charge in [-0.15, -0.1) is 0 Å². The van der Waals surface area contributed by atoms with E-state index in [9.17, 15) is 0 Å². The van der Waals surface area contributed by atoms with Crippen molar-refractivity contribution in [1.82, 2.24) is 0 Å². The molecule has 0 aromatic heterocycles. The number of benzene rings is 1. The zero-order valence-corrected chi connectivity index (χ0v) is 8.23. The first-order chi connectivity index (χ1) is 6.20. The second kappa shape index (κ2) is 3.13. The number of nitrogens with two attached hydrogens (primary N) is 1. The lowest BCUT2D eigenvalue weighted by Gasteiger charge is -2.03. The van der Waals surface area contributed by atoms with Gasteiger partial charge in [-0.25, -0.2) is 0 Å². The summed E-state index contributed by atoms with van der Waals surface area (Å²) in [6, 6.07) is 3.94. The maximum Gasteiger partial charge on any atom is 0.0682 e. The molecule has 2 nitrogen and oxygen atoms in total. The second-order valence-corrected chi connectivity index (χ2v) is 3.71. The minimum absolute atomic E-state index is 0.515. The summed E-state index contributed by atoms with van der Waals surface area (Å²) in [6.07, 6.45) is 0.874. The molecule has 0 saturated carbocycles. The molecule has 2 N–H and O–H groups in total. The Bertz CT molecular complexity index is 383. The topological polar surface area (TPSA) is 38.4 Å². The zero-order chi connectivity index (χ0) is 9.42. The highest BCUT2D eigenvalue weighted by Gasteiger charge is 2.15. The number of fused-ring (bicyclic) bond motifs is 1. The molecule has 3 heteroatoms. The van der Waals surface area contributed by atoms with E-state index in [1.807, 2.05) is 19.1 Å². The van der Waals surface area contributed by atoms with Crippen molar-refractivity contribution < 1.29 is 0 Å². The first-order valence-corrected chi connectivity index (χ1v) is 4.64. The molecule has 0 radical (unpaired) electrons. The SMILES string of the molecule is CC1=Nc2cc(CN)cc(Cl)c2C1. The van der Waals surface area contributed by atoms with E-state index >= 15 is 0 Å². The smallest absolute Gasteiger partial charge is 0.0682 e. The van der Waals surface area contributed by atoms with Gasteiger partial charge in [-0.3, -0.25) is 4.99 Å². The highest BCUT2D eigenvalue weighted by atomic mass is 35.5. The molecular formula is C10H11ClN2. The normalized spacial score (nSPS) is 14.2. The molecule has 0 unspecified atom stereocenters. The Morgan fingerprint density at radius 2 is 2.31 bits per heavy atom. The van der Waals surface area contributed by atoms with Crippen molar-refractivity contribution in [3.63, 3.8) is 0 Å². The van der Waals surface area contributed by atoms with Crippen molar-refractivity contribution in [2.75, 3.05) is 0 Å². The molecule has 68 valence electrons. The Morgan fingerprint density at radius 1 is 1.54 bits per heavy atom. The van der Waals surface area contributed by atoms with Crippen LogP contribution in [0.5, 0.6) is 0 Å². The molecule has 1 aliphatic rings. The van der Waals surface area contributed by atoms with Gasteiger partial charge >= 0.3 is 0 Å². The second-order valence-electron chi connectivity index (χ2n) is 3.30. The molecular weight excluding hydrogens is 184 g/mol. The lowest BCUT2D eigenvalue weighted by molar-refractivity contribution is 1.07. The Balaban J connectivity index is 2.54. The summed E-state index contributed by atoms with van der Waals surface area (Å²) >= 11 is 6.09. The van der Waals surface area contributed by atoms with Crippen LogP contribution in [-0.4, -0.2) is 5.71 Å². The summed E-state index contributed by atoms with van der Waals surface area (Å²) in [5.74, 6) is 0. The molecule has 0 fully saturated rings. The average molecular weight is 195 g/mol. The number of hydrogen-bond donors (Lipinski definition) is 1. The van der Waals surface area contributed by atoms with Crippen LogP contribution in [0.2, 0.25) is 5.02 Å². The molecule has 0 bridgehead atoms. The number of rotatable bonds is 1. The fraction of sp³-hybridized carbons (Fsp3) is 0.300. The van der Waals surface area contributed by atoms with Crippen molar-refractivity contribution in [1.29, 1.82) is 0 Å². The maximum absolute atomic E-state index is 6.09. The summed E-state index contributed by atoms with van der Waals surface area (Å²) in [6.45, 7) is 2.53. The quantitative estimate of drug-likeness (QED) is 0.733. The van der Waals surface area contributed by atoms with Gasteiger partial charge in [0.2, 0.25) is 0 Å². The van der Waals surface area contributed by atoms with Crippen LogP contribution in [0.1, 0.15) is 18.1 Å². The predicted octanol–water partition coefficient (Wildman–Crippen LogP) is 2.45. The van der Waals surface area contributed by atoms with E-state index in [2.05, 4.69) is 4.99 Å². The minimum atomic E-state index is 0.515. The average Bonchev–Trinajstić information content (AvgIpc) is 2.46. The van der Waals surface area contributed by atoms with Crippen LogP contribution in [0.25, 0.3) is 0 Å². The molecule has 13 heavy (non-hydrogen) atoms. The molecule has 1 aromatic carbocycles. The van der Waals surface area contributed by atoms with Crippen molar-refractivity contribution in [2.24, 2.45) is 10.7 Å². The van der Waals surface area contributed by atoms with Crippen molar-refractivity contribution in [2.45, 2.75) is 19.9 Å². The van der Waals surface area contributed by atoms with E-state index in [0.717, 1.165) is 34.0 Å². The Hall–Kier alpha value is -0.860. The van der Waals surface area contributed by atoms with Gasteiger partial charge in [0, 0.05) is 29.3 Å². The Kier molecular flexibility index (Phi) is 2.10. The zero-order valence-electron chi connectivity index (χ0n) is 7.47. The molecule has 0 atom stereocenters. The fourth-order valence-electron chi connectivity index (χ4n) is 1.57. The number of aliphatic imine (C=N–C) groups is 1. The van der Waals surface area contributed by atoms with Gasteiger partial charge in [0.25, 0.3) is 0 Å². The van der Waals surface area contributed by atoms with Crippen LogP contribution in [-0.2, 0) is 13.0 Å². The van der Waals surface area contributed by atoms with E-state index in [4.69, 9.17) is 17.3 Å². The highest BCUT2D eigenvalue weighted by Crippen LogP contribution is 2.33. The van der Waals surface area contributed by atoms with E-state index in [1.54, 1.807) is 0 Å². The lowest BCUT2D eigenvalue weighted by Crippen LogP contribution is -1.96. The third-order valence-electron chi connectivity index (χ3n) is 2.21. The van der Waals surface area contributed by atoms with Crippen LogP contribution in [0, 0.1) is 0 Å². The number of nitrogens with zero attached hydrogens (tertiary/aromatic N) is 1. The van der Waals surface area contributed by atoms with Crippen LogP contribution in [0.3, 0.4) is 0 Å². The van der Waals surface area contributed by atoms with Gasteiger partial charge in [-0.2, -0.15) is 0 Å². The van der Waals surface area contributed by atoms with Crippen molar-refractivity contribution >= 4 is 23.0 Å². The third kappa shape index (κ3) is 1.47. The molecule has 1 heterocycles. The Labute approximate surface area is 82.4 Å². The monoisotopic (exact) mass is 194 g/mol. The maximum atomic E-state index is 6.09. The van der Waals surface area contributed by atoms with Crippen LogP contribution in [0.15, 0.2) is 17.1 Å². The molecule has 1 aliphatic heterocycles. The lowest BCUT2D eigenvalue weighted by atomic mass is 10.1. The molecule has 0 saturated heterocycles. The first-order valence-electron chi connectivity index (χ1n) is 4.26. The summed E-state index contributed by atoms with van der Waals surface area (Å²) in [7, 11) is 0. The largest absolute Gasteiger partial charge is 0.326 e. The summed E-state index contributed by atoms with van der Waals surface area (Å²) in [5, 5.41) is 0.790. The van der Waals surface area contributed by atoms with Gasteiger partial charge in [-0.1, -0.05) is 11.6 Å². The molecule has 1 aromatic rings. The van der Waals surface area contributed by atoms with Crippen LogP contribution < -0.4 is 5.73 Å². The molecule has 2 rings (SSSR count). The van der Waals surface area contributed by atoms with E-state index in [1.165, 1.54) is 0 Å². The van der Waals surface area contributed by atoms with Crippen LogP contribution >= 0.6 is 11.6 Å². The predicted molar refractivity (Wildman–Crippen MR) is 55.8 cm³/mol. The van der Waals surface area contributed by atoms with Crippen LogP contribution in [0.4, 0.5) is 5.69 Å². The number of halogens is 1. The van der Waals surface area contributed by atoms with Gasteiger partial charge < -0.3 is 5.73 Å². The summed E-state index contributed by atoms with van der Waals surface area (Å²) in [5.41, 5.74) is 9.83. The van der Waals surface area contributed by atoms with Gasteiger partial charge in [0.05, 0.1) is 5.69 Å². The van der Waals surface area contributed by atoms with E-state index in [-0.39, 0.29) is 0 Å². The van der Waals surface area contributed by atoms with Gasteiger partial charge in [0.15, 0.2) is 0 Å². The molecule has 0 amide bonds. The third-order valence-corrected chi connectivity index (χ3v) is 2.55. The van der Waals surface area contributed by atoms with Crippen molar-refractivity contribution in [3.05, 3.63) is 28.3 Å². The standard InChI is InChI=1S/C10H11ClN2/c1-6-2-8-9(11)3-7(5-12)4-10(8)13-6/h3-4H,2,5,12H2,1H3. The van der Waals surface area contributed by atoms with E-state index in [0.29, 0.717) is 6.54 Å². The van der Waals surface area contributed by atoms with E-state index < -0.39 is 0 Å². The Morgan fingerprint density at radius 3 is 3.00 bits per heavy atom. The first kappa shape index (κ1) is 8.73. The summed E-state index contributed by atoms with van der Waals surface area (Å²) < 4.78 is 0. The van der Waals surface area contributed by atoms with Gasteiger partial charge in [0.1, 0.15) is 0 Å². The molecule has 0 aliphatic carbocycles. The summed E-state index contributed by atoms with van der Waals surface area (Å²) in [4.78, 5) is 4.40. The number of hydrogen-bond acceptors (Lipinski definition) is 2. The molecule has 0 spiro atoms. The minimum Gasteiger partial charge on any atom is -0.326 e. The fourth-order valence-corrected chi connectivity index (χ4v) is 1.87. The van der Waals surface area contributed by atoms with Gasteiger partial charge in [-0.05, 0) is 24.6 Å². The van der Waals surface area contributed by atoms with Crippen molar-refractivity contribution in [3.8, 4) is 0 Å². The highest BCUT2D eigenvalue weighted by molar-refractivity contribution is 6.32.